The molecule has 0 heterocycles. The first-order valence-electron chi connectivity index (χ1n) is 5.95. The number of hydrogen-bond acceptors (Lipinski definition) is 2. The van der Waals surface area contributed by atoms with E-state index in [-0.39, 0.29) is 0 Å². The Kier molecular flexibility index (Phi) is 4.61. The zero-order valence-corrected chi connectivity index (χ0v) is 11.9. The fraction of sp³-hybridized carbons (Fsp3) is 0.538. The second-order valence-corrected chi connectivity index (χ2v) is 5.53. The Hall–Kier alpha value is -0.130. The number of rotatable bonds is 6. The molecule has 0 spiro atoms. The molecule has 3 heteroatoms. The van der Waals surface area contributed by atoms with Crippen LogP contribution in [0.2, 0.25) is 0 Å². The van der Waals surface area contributed by atoms with E-state index in [1.54, 1.807) is 0 Å². The first-order valence-corrected chi connectivity index (χ1v) is 7.03. The summed E-state index contributed by atoms with van der Waals surface area (Å²) in [5.41, 5.74) is 2.78. The molecule has 0 unspecified atom stereocenters. The molecule has 1 fully saturated rings. The van der Waals surface area contributed by atoms with E-state index in [2.05, 4.69) is 58.3 Å². The number of aryl methyl sites for hydroxylation is 1. The summed E-state index contributed by atoms with van der Waals surface area (Å²) in [6.45, 7) is 5.29. The Bertz CT molecular complexity index is 348. The molecule has 88 valence electrons. The maximum atomic E-state index is 3.50. The van der Waals surface area contributed by atoms with Crippen molar-refractivity contribution in [2.75, 3.05) is 13.1 Å². The van der Waals surface area contributed by atoms with Gasteiger partial charge in [0.2, 0.25) is 0 Å². The Morgan fingerprint density at radius 2 is 2.12 bits per heavy atom. The van der Waals surface area contributed by atoms with Gasteiger partial charge in [-0.3, -0.25) is 0 Å². The summed E-state index contributed by atoms with van der Waals surface area (Å²) in [6.07, 6.45) is 2.74. The molecule has 0 aliphatic heterocycles. The molecule has 1 saturated carbocycles. The maximum Gasteiger partial charge on any atom is 0.0216 e. The number of nitrogens with one attached hydrogen (secondary N) is 2. The molecule has 0 atom stereocenters. The van der Waals surface area contributed by atoms with Crippen LogP contribution in [0.4, 0.5) is 0 Å². The van der Waals surface area contributed by atoms with Crippen molar-refractivity contribution < 1.29 is 0 Å². The topological polar surface area (TPSA) is 24.1 Å². The number of benzene rings is 1. The van der Waals surface area contributed by atoms with Crippen molar-refractivity contribution in [2.45, 2.75) is 32.4 Å². The molecule has 16 heavy (non-hydrogen) atoms. The van der Waals surface area contributed by atoms with Crippen molar-refractivity contribution >= 4 is 22.6 Å². The highest BCUT2D eigenvalue weighted by atomic mass is 127. The van der Waals surface area contributed by atoms with Crippen molar-refractivity contribution in [1.82, 2.24) is 10.6 Å². The smallest absolute Gasteiger partial charge is 0.0216 e. The van der Waals surface area contributed by atoms with Crippen LogP contribution < -0.4 is 10.6 Å². The normalized spacial score (nSPS) is 15.4. The quantitative estimate of drug-likeness (QED) is 0.618. The van der Waals surface area contributed by atoms with E-state index in [0.717, 1.165) is 25.7 Å². The second-order valence-electron chi connectivity index (χ2n) is 4.45. The fourth-order valence-corrected chi connectivity index (χ4v) is 2.27. The van der Waals surface area contributed by atoms with Crippen LogP contribution in [-0.2, 0) is 6.54 Å². The molecule has 1 aromatic carbocycles. The van der Waals surface area contributed by atoms with Crippen LogP contribution in [0.5, 0.6) is 0 Å². The summed E-state index contributed by atoms with van der Waals surface area (Å²) in [5.74, 6) is 0. The summed E-state index contributed by atoms with van der Waals surface area (Å²) < 4.78 is 1.39. The Morgan fingerprint density at radius 1 is 1.31 bits per heavy atom. The molecule has 1 aromatic rings. The summed E-state index contributed by atoms with van der Waals surface area (Å²) in [6, 6.07) is 7.33. The van der Waals surface area contributed by atoms with Gasteiger partial charge < -0.3 is 10.6 Å². The van der Waals surface area contributed by atoms with Gasteiger partial charge in [-0.25, -0.2) is 0 Å². The van der Waals surface area contributed by atoms with Gasteiger partial charge in [-0.15, -0.1) is 0 Å². The van der Waals surface area contributed by atoms with Crippen LogP contribution in [0.3, 0.4) is 0 Å². The lowest BCUT2D eigenvalue weighted by molar-refractivity contribution is 0.608. The standard InChI is InChI=1S/C13H19IN2/c1-10-3-2-4-11(13(10)14)9-15-7-8-16-12-5-6-12/h2-4,12,15-16H,5-9H2,1H3. The average Bonchev–Trinajstić information content (AvgIpc) is 3.07. The summed E-state index contributed by atoms with van der Waals surface area (Å²) in [7, 11) is 0. The summed E-state index contributed by atoms with van der Waals surface area (Å²) in [5, 5.41) is 6.99. The van der Waals surface area contributed by atoms with Crippen molar-refractivity contribution in [3.63, 3.8) is 0 Å². The number of hydrogen-bond donors (Lipinski definition) is 2. The van der Waals surface area contributed by atoms with Crippen LogP contribution in [0.1, 0.15) is 24.0 Å². The predicted molar refractivity (Wildman–Crippen MR) is 76.6 cm³/mol. The third-order valence-electron chi connectivity index (χ3n) is 2.90. The highest BCUT2D eigenvalue weighted by molar-refractivity contribution is 14.1. The van der Waals surface area contributed by atoms with E-state index in [1.807, 2.05) is 0 Å². The highest BCUT2D eigenvalue weighted by Gasteiger charge is 2.19. The SMILES string of the molecule is Cc1cccc(CNCCNC2CC2)c1I. The molecule has 0 radical (unpaired) electrons. The molecular weight excluding hydrogens is 311 g/mol. The van der Waals surface area contributed by atoms with Crippen molar-refractivity contribution in [3.8, 4) is 0 Å². The largest absolute Gasteiger partial charge is 0.313 e. The summed E-state index contributed by atoms with van der Waals surface area (Å²) in [4.78, 5) is 0. The first kappa shape index (κ1) is 12.3. The highest BCUT2D eigenvalue weighted by Crippen LogP contribution is 2.18. The number of halogens is 1. The lowest BCUT2D eigenvalue weighted by Gasteiger charge is -2.09. The molecule has 1 aliphatic carbocycles. The van der Waals surface area contributed by atoms with Gasteiger partial charge in [0.05, 0.1) is 0 Å². The van der Waals surface area contributed by atoms with Crippen LogP contribution >= 0.6 is 22.6 Å². The van der Waals surface area contributed by atoms with E-state index >= 15 is 0 Å². The van der Waals surface area contributed by atoms with Crippen LogP contribution in [0, 0.1) is 10.5 Å². The monoisotopic (exact) mass is 330 g/mol. The van der Waals surface area contributed by atoms with Crippen molar-refractivity contribution in [3.05, 3.63) is 32.9 Å². The van der Waals surface area contributed by atoms with Gasteiger partial charge in [-0.05, 0) is 53.5 Å². The second kappa shape index (κ2) is 5.98. The molecule has 0 bridgehead atoms. The van der Waals surface area contributed by atoms with Crippen LogP contribution in [0.25, 0.3) is 0 Å². The molecule has 0 amide bonds. The van der Waals surface area contributed by atoms with E-state index in [1.165, 1.54) is 27.5 Å². The Balaban J connectivity index is 1.69. The fourth-order valence-electron chi connectivity index (χ4n) is 1.72. The van der Waals surface area contributed by atoms with Gasteiger partial charge >= 0.3 is 0 Å². The first-order chi connectivity index (χ1) is 7.77. The molecular formula is C13H19IN2. The molecule has 2 rings (SSSR count). The van der Waals surface area contributed by atoms with Gasteiger partial charge in [0.25, 0.3) is 0 Å². The lowest BCUT2D eigenvalue weighted by Crippen LogP contribution is -2.28. The van der Waals surface area contributed by atoms with E-state index < -0.39 is 0 Å². The van der Waals surface area contributed by atoms with Gasteiger partial charge in [-0.2, -0.15) is 0 Å². The maximum absolute atomic E-state index is 3.50. The van der Waals surface area contributed by atoms with Crippen molar-refractivity contribution in [2.24, 2.45) is 0 Å². The molecule has 1 aliphatic rings. The van der Waals surface area contributed by atoms with Gasteiger partial charge in [-0.1, -0.05) is 18.2 Å². The van der Waals surface area contributed by atoms with Gasteiger partial charge in [0.15, 0.2) is 0 Å². The van der Waals surface area contributed by atoms with E-state index in [9.17, 15) is 0 Å². The third kappa shape index (κ3) is 3.71. The zero-order valence-electron chi connectivity index (χ0n) is 9.72. The average molecular weight is 330 g/mol. The molecule has 0 aromatic heterocycles. The zero-order chi connectivity index (χ0) is 11.4. The Labute approximate surface area is 111 Å². The molecule has 0 saturated heterocycles. The minimum atomic E-state index is 0.820. The van der Waals surface area contributed by atoms with Gasteiger partial charge in [0.1, 0.15) is 0 Å². The molecule has 2 nitrogen and oxygen atoms in total. The lowest BCUT2D eigenvalue weighted by atomic mass is 10.1. The van der Waals surface area contributed by atoms with Crippen LogP contribution in [-0.4, -0.2) is 19.1 Å². The molecule has 2 N–H and O–H groups in total. The van der Waals surface area contributed by atoms with Crippen LogP contribution in [0.15, 0.2) is 18.2 Å². The minimum absolute atomic E-state index is 0.820. The van der Waals surface area contributed by atoms with Gasteiger partial charge in [0, 0.05) is 29.2 Å². The minimum Gasteiger partial charge on any atom is -0.313 e. The van der Waals surface area contributed by atoms with Crippen molar-refractivity contribution in [1.29, 1.82) is 0 Å². The third-order valence-corrected chi connectivity index (χ3v) is 4.44. The van der Waals surface area contributed by atoms with E-state index in [4.69, 9.17) is 0 Å². The summed E-state index contributed by atoms with van der Waals surface area (Å²) >= 11 is 2.43. The van der Waals surface area contributed by atoms with E-state index in [0.29, 0.717) is 0 Å². The Morgan fingerprint density at radius 3 is 2.88 bits per heavy atom. The predicted octanol–water partition coefficient (Wildman–Crippen LogP) is 2.44.